The first-order valence-corrected chi connectivity index (χ1v) is 10.1. The smallest absolute Gasteiger partial charge is 0.143 e. The zero-order valence-corrected chi connectivity index (χ0v) is 18.4. The van der Waals surface area contributed by atoms with Gasteiger partial charge >= 0.3 is 0 Å². The van der Waals surface area contributed by atoms with Crippen LogP contribution in [0.4, 0.5) is 11.4 Å². The van der Waals surface area contributed by atoms with Crippen LogP contribution in [-0.4, -0.2) is 42.2 Å². The van der Waals surface area contributed by atoms with E-state index in [1.165, 1.54) is 0 Å². The topological polar surface area (TPSA) is 85.6 Å². The van der Waals surface area contributed by atoms with Gasteiger partial charge in [-0.05, 0) is 44.3 Å². The quantitative estimate of drug-likeness (QED) is 0.607. The molecule has 0 radical (unpaired) electrons. The van der Waals surface area contributed by atoms with Gasteiger partial charge in [0.2, 0.25) is 0 Å². The fraction of sp³-hybridized carbons (Fsp3) is 0.318. The predicted molar refractivity (Wildman–Crippen MR) is 121 cm³/mol. The molecule has 1 aromatic heterocycles. The van der Waals surface area contributed by atoms with Crippen LogP contribution >= 0.6 is 11.6 Å². The number of rotatable bonds is 5. The molecule has 2 unspecified atom stereocenters. The van der Waals surface area contributed by atoms with Crippen LogP contribution in [-0.2, 0) is 0 Å². The second-order valence-corrected chi connectivity index (χ2v) is 8.23. The van der Waals surface area contributed by atoms with Crippen LogP contribution in [0.5, 0.6) is 5.75 Å². The van der Waals surface area contributed by atoms with E-state index in [2.05, 4.69) is 41.9 Å². The maximum absolute atomic E-state index is 6.71. The predicted octanol–water partition coefficient (Wildman–Crippen LogP) is 3.51. The van der Waals surface area contributed by atoms with Crippen molar-refractivity contribution in [3.05, 3.63) is 64.7 Å². The third-order valence-electron chi connectivity index (χ3n) is 5.80. The Morgan fingerprint density at radius 3 is 2.70 bits per heavy atom. The van der Waals surface area contributed by atoms with E-state index in [1.807, 2.05) is 28.8 Å². The normalized spacial score (nSPS) is 16.4. The summed E-state index contributed by atoms with van der Waals surface area (Å²) in [5.41, 5.74) is 18.5. The van der Waals surface area contributed by atoms with E-state index in [1.54, 1.807) is 19.6 Å². The van der Waals surface area contributed by atoms with Gasteiger partial charge in [0.05, 0.1) is 48.4 Å². The summed E-state index contributed by atoms with van der Waals surface area (Å²) in [6.45, 7) is 2.71. The van der Waals surface area contributed by atoms with Crippen molar-refractivity contribution in [2.24, 2.45) is 5.73 Å². The number of hydrogen-bond acceptors (Lipinski definition) is 6. The lowest BCUT2D eigenvalue weighted by Gasteiger charge is -2.41. The molecule has 4 rings (SSSR count). The molecule has 8 heteroatoms. The van der Waals surface area contributed by atoms with Gasteiger partial charge in [-0.25, -0.2) is 4.98 Å². The monoisotopic (exact) mass is 426 g/mol. The number of imidazole rings is 1. The lowest BCUT2D eigenvalue weighted by molar-refractivity contribution is 0.293. The van der Waals surface area contributed by atoms with Crippen molar-refractivity contribution in [1.29, 1.82) is 0 Å². The van der Waals surface area contributed by atoms with Gasteiger partial charge in [-0.3, -0.25) is 4.57 Å². The molecular weight excluding hydrogens is 400 g/mol. The molecule has 7 nitrogen and oxygen atoms in total. The molecule has 0 amide bonds. The summed E-state index contributed by atoms with van der Waals surface area (Å²) < 4.78 is 7.44. The Morgan fingerprint density at radius 1 is 1.27 bits per heavy atom. The van der Waals surface area contributed by atoms with Crippen LogP contribution in [0.1, 0.15) is 29.0 Å². The highest BCUT2D eigenvalue weighted by atomic mass is 35.5. The number of fused-ring (bicyclic) bond motifs is 3. The van der Waals surface area contributed by atoms with Crippen LogP contribution in [0.15, 0.2) is 42.9 Å². The molecule has 2 heterocycles. The first-order valence-electron chi connectivity index (χ1n) is 9.77. The molecule has 1 aliphatic rings. The second-order valence-electron chi connectivity index (χ2n) is 7.82. The minimum absolute atomic E-state index is 0.0235. The number of anilines is 2. The standard InChI is InChI=1S/C22H27ClN6O/c1-13-6-5-7-14(23)21(13)19(27(2)3)11-28-16-8-15(24)20(30-4)9-17(16)29-12-26-10-18(29)22(28)25/h5-10,12,19,22H,11,24-25H2,1-4H3. The molecule has 0 spiro atoms. The Kier molecular flexibility index (Phi) is 5.36. The highest BCUT2D eigenvalue weighted by Crippen LogP contribution is 2.42. The largest absolute Gasteiger partial charge is 0.495 e. The van der Waals surface area contributed by atoms with Crippen LogP contribution in [0.3, 0.4) is 0 Å². The third-order valence-corrected chi connectivity index (χ3v) is 6.13. The Bertz CT molecular complexity index is 1060. The molecular formula is C22H27ClN6O. The molecule has 1 aliphatic heterocycles. The molecule has 0 saturated carbocycles. The number of likely N-dealkylation sites (N-methyl/N-ethyl adjacent to an activating group) is 1. The molecule has 2 aromatic carbocycles. The fourth-order valence-electron chi connectivity index (χ4n) is 4.19. The van der Waals surface area contributed by atoms with E-state index in [0.29, 0.717) is 18.0 Å². The molecule has 158 valence electrons. The van der Waals surface area contributed by atoms with Gasteiger partial charge in [-0.2, -0.15) is 0 Å². The number of hydrogen-bond donors (Lipinski definition) is 2. The average molecular weight is 427 g/mol. The summed E-state index contributed by atoms with van der Waals surface area (Å²) in [4.78, 5) is 8.65. The highest BCUT2D eigenvalue weighted by Gasteiger charge is 2.33. The van der Waals surface area contributed by atoms with Crippen LogP contribution < -0.4 is 21.1 Å². The van der Waals surface area contributed by atoms with Gasteiger partial charge in [-0.15, -0.1) is 0 Å². The Hall–Kier alpha value is -2.74. The molecule has 4 N–H and O–H groups in total. The zero-order valence-electron chi connectivity index (χ0n) is 17.6. The number of nitrogens with zero attached hydrogens (tertiary/aromatic N) is 4. The Balaban J connectivity index is 1.84. The SMILES string of the molecule is COc1cc2c(cc1N)N(CC(c1c(C)cccc1Cl)N(C)C)C(N)c1cncn1-2. The summed E-state index contributed by atoms with van der Waals surface area (Å²) in [6, 6.07) is 9.86. The van der Waals surface area contributed by atoms with Gasteiger partial charge in [0.15, 0.2) is 0 Å². The fourth-order valence-corrected chi connectivity index (χ4v) is 4.53. The van der Waals surface area contributed by atoms with Crippen molar-refractivity contribution in [1.82, 2.24) is 14.5 Å². The van der Waals surface area contributed by atoms with Crippen molar-refractivity contribution in [3.8, 4) is 11.4 Å². The Labute approximate surface area is 181 Å². The van der Waals surface area contributed by atoms with Crippen molar-refractivity contribution in [3.63, 3.8) is 0 Å². The van der Waals surface area contributed by atoms with Crippen molar-refractivity contribution >= 4 is 23.0 Å². The lowest BCUT2D eigenvalue weighted by Crippen LogP contribution is -2.44. The molecule has 30 heavy (non-hydrogen) atoms. The van der Waals surface area contributed by atoms with E-state index in [4.69, 9.17) is 27.8 Å². The molecule has 0 bridgehead atoms. The summed E-state index contributed by atoms with van der Waals surface area (Å²) in [6.07, 6.45) is 3.19. The highest BCUT2D eigenvalue weighted by molar-refractivity contribution is 6.31. The minimum Gasteiger partial charge on any atom is -0.495 e. The van der Waals surface area contributed by atoms with Crippen LogP contribution in [0.25, 0.3) is 5.69 Å². The van der Waals surface area contributed by atoms with Crippen LogP contribution in [0, 0.1) is 6.92 Å². The zero-order chi connectivity index (χ0) is 21.6. The second kappa shape index (κ2) is 7.83. The van der Waals surface area contributed by atoms with E-state index in [-0.39, 0.29) is 12.2 Å². The summed E-state index contributed by atoms with van der Waals surface area (Å²) in [7, 11) is 5.72. The maximum atomic E-state index is 6.71. The first kappa shape index (κ1) is 20.5. The molecule has 2 atom stereocenters. The van der Waals surface area contributed by atoms with Gasteiger partial charge in [0.1, 0.15) is 11.9 Å². The van der Waals surface area contributed by atoms with Gasteiger partial charge in [0.25, 0.3) is 0 Å². The number of aromatic nitrogens is 2. The van der Waals surface area contributed by atoms with Crippen LogP contribution in [0.2, 0.25) is 5.02 Å². The number of benzene rings is 2. The summed E-state index contributed by atoms with van der Waals surface area (Å²) in [5.74, 6) is 0.620. The van der Waals surface area contributed by atoms with E-state index >= 15 is 0 Å². The lowest BCUT2D eigenvalue weighted by atomic mass is 9.98. The number of ether oxygens (including phenoxy) is 1. The van der Waals surface area contributed by atoms with Crippen molar-refractivity contribution in [2.45, 2.75) is 19.1 Å². The molecule has 0 fully saturated rings. The van der Waals surface area contributed by atoms with E-state index in [0.717, 1.165) is 33.2 Å². The molecule has 0 aliphatic carbocycles. The minimum atomic E-state index is -0.377. The Morgan fingerprint density at radius 2 is 2.03 bits per heavy atom. The number of halogens is 1. The van der Waals surface area contributed by atoms with Gasteiger partial charge < -0.3 is 26.0 Å². The molecule has 0 saturated heterocycles. The maximum Gasteiger partial charge on any atom is 0.143 e. The van der Waals surface area contributed by atoms with Gasteiger partial charge in [0, 0.05) is 17.6 Å². The summed E-state index contributed by atoms with van der Waals surface area (Å²) >= 11 is 6.62. The van der Waals surface area contributed by atoms with E-state index in [9.17, 15) is 0 Å². The van der Waals surface area contributed by atoms with Gasteiger partial charge in [-0.1, -0.05) is 23.7 Å². The van der Waals surface area contributed by atoms with Crippen molar-refractivity contribution in [2.75, 3.05) is 38.4 Å². The average Bonchev–Trinajstić information content (AvgIpc) is 3.19. The van der Waals surface area contributed by atoms with Crippen molar-refractivity contribution < 1.29 is 4.74 Å². The number of nitrogen functional groups attached to an aromatic ring is 1. The number of methoxy groups -OCH3 is 1. The molecule has 3 aromatic rings. The van der Waals surface area contributed by atoms with E-state index < -0.39 is 0 Å². The summed E-state index contributed by atoms with van der Waals surface area (Å²) in [5, 5.41) is 0.749. The number of nitrogens with two attached hydrogens (primary N) is 2. The first-order chi connectivity index (χ1) is 14.3. The third kappa shape index (κ3) is 3.29. The number of aryl methyl sites for hydroxylation is 1.